The molecule has 0 spiro atoms. The Morgan fingerprint density at radius 3 is 2.73 bits per heavy atom. The Bertz CT molecular complexity index is 1420. The van der Waals surface area contributed by atoms with Gasteiger partial charge in [-0.25, -0.2) is 9.67 Å². The summed E-state index contributed by atoms with van der Waals surface area (Å²) in [5.41, 5.74) is 3.89. The molecule has 164 valence electrons. The summed E-state index contributed by atoms with van der Waals surface area (Å²) < 4.78 is 13.2. The van der Waals surface area contributed by atoms with E-state index in [0.29, 0.717) is 58.3 Å². The van der Waals surface area contributed by atoms with Crippen molar-refractivity contribution in [1.29, 1.82) is 0 Å². The molecular weight excluding hydrogens is 416 g/mol. The van der Waals surface area contributed by atoms with Crippen LogP contribution in [0.2, 0.25) is 0 Å². The fourth-order valence-electron chi connectivity index (χ4n) is 3.82. The van der Waals surface area contributed by atoms with Gasteiger partial charge in [-0.05, 0) is 56.3 Å². The number of hydrogen-bond acceptors (Lipinski definition) is 5. The standard InChI is InChI=1S/C26H22N4O3/c1-4-17-6-5-7-19(12-17)28-26(31)20-14-22(29-25-21(20)15-27-30(25)16(2)3)18-8-9-23-24(13-18)33-11-10-32-23/h1,5-9,12-16H,10-11H2,2-3H3,(H,28,31). The highest BCUT2D eigenvalue weighted by Gasteiger charge is 2.20. The van der Waals surface area contributed by atoms with E-state index in [-0.39, 0.29) is 11.9 Å². The van der Waals surface area contributed by atoms with Crippen molar-refractivity contribution in [2.75, 3.05) is 18.5 Å². The van der Waals surface area contributed by atoms with Crippen LogP contribution in [-0.2, 0) is 0 Å². The van der Waals surface area contributed by atoms with Gasteiger partial charge in [-0.3, -0.25) is 4.79 Å². The Morgan fingerprint density at radius 1 is 1.12 bits per heavy atom. The molecule has 3 heterocycles. The molecule has 5 rings (SSSR count). The maximum Gasteiger partial charge on any atom is 0.256 e. The number of aromatic nitrogens is 3. The molecule has 0 radical (unpaired) electrons. The van der Waals surface area contributed by atoms with Gasteiger partial charge in [0.1, 0.15) is 13.2 Å². The first kappa shape index (κ1) is 20.6. The molecule has 2 aromatic heterocycles. The number of amides is 1. The SMILES string of the molecule is C#Cc1cccc(NC(=O)c2cc(-c3ccc4c(c3)OCCO4)nc3c2cnn3C(C)C)c1. The Kier molecular flexibility index (Phi) is 5.19. The second-order valence-electron chi connectivity index (χ2n) is 8.01. The van der Waals surface area contributed by atoms with Gasteiger partial charge in [-0.2, -0.15) is 5.10 Å². The maximum atomic E-state index is 13.4. The van der Waals surface area contributed by atoms with Crippen LogP contribution < -0.4 is 14.8 Å². The van der Waals surface area contributed by atoms with Crippen molar-refractivity contribution in [3.63, 3.8) is 0 Å². The molecule has 0 aliphatic carbocycles. The van der Waals surface area contributed by atoms with E-state index in [0.717, 1.165) is 5.56 Å². The minimum Gasteiger partial charge on any atom is -0.486 e. The first-order valence-corrected chi connectivity index (χ1v) is 10.7. The highest BCUT2D eigenvalue weighted by molar-refractivity contribution is 6.12. The molecule has 0 bridgehead atoms. The lowest BCUT2D eigenvalue weighted by molar-refractivity contribution is 0.102. The van der Waals surface area contributed by atoms with E-state index >= 15 is 0 Å². The summed E-state index contributed by atoms with van der Waals surface area (Å²) in [6.07, 6.45) is 7.18. The van der Waals surface area contributed by atoms with E-state index in [1.165, 1.54) is 0 Å². The summed E-state index contributed by atoms with van der Waals surface area (Å²) in [5.74, 6) is 3.68. The summed E-state index contributed by atoms with van der Waals surface area (Å²) in [4.78, 5) is 18.2. The van der Waals surface area contributed by atoms with E-state index in [1.54, 1.807) is 24.4 Å². The van der Waals surface area contributed by atoms with Crippen LogP contribution in [0.1, 0.15) is 35.8 Å². The lowest BCUT2D eigenvalue weighted by Gasteiger charge is -2.19. The number of fused-ring (bicyclic) bond motifs is 2. The van der Waals surface area contributed by atoms with E-state index < -0.39 is 0 Å². The fraction of sp³-hybridized carbons (Fsp3) is 0.192. The number of rotatable bonds is 4. The van der Waals surface area contributed by atoms with Gasteiger partial charge in [0, 0.05) is 22.9 Å². The smallest absolute Gasteiger partial charge is 0.256 e. The highest BCUT2D eigenvalue weighted by atomic mass is 16.6. The van der Waals surface area contributed by atoms with Gasteiger partial charge < -0.3 is 14.8 Å². The number of nitrogens with zero attached hydrogens (tertiary/aromatic N) is 3. The molecule has 7 nitrogen and oxygen atoms in total. The Labute approximate surface area is 191 Å². The molecule has 33 heavy (non-hydrogen) atoms. The second kappa shape index (κ2) is 8.32. The minimum atomic E-state index is -0.265. The summed E-state index contributed by atoms with van der Waals surface area (Å²) in [6.45, 7) is 5.06. The van der Waals surface area contributed by atoms with Crippen LogP contribution in [0.25, 0.3) is 22.3 Å². The Hall–Kier alpha value is -4.31. The number of pyridine rings is 1. The minimum absolute atomic E-state index is 0.0775. The Balaban J connectivity index is 1.62. The van der Waals surface area contributed by atoms with Crippen LogP contribution in [0.15, 0.2) is 54.7 Å². The largest absolute Gasteiger partial charge is 0.486 e. The summed E-state index contributed by atoms with van der Waals surface area (Å²) in [6, 6.07) is 14.7. The maximum absolute atomic E-state index is 13.4. The fourth-order valence-corrected chi connectivity index (χ4v) is 3.82. The second-order valence-corrected chi connectivity index (χ2v) is 8.01. The van der Waals surface area contributed by atoms with Crippen molar-refractivity contribution < 1.29 is 14.3 Å². The first-order chi connectivity index (χ1) is 16.0. The molecule has 1 aliphatic rings. The van der Waals surface area contributed by atoms with Gasteiger partial charge in [0.25, 0.3) is 5.91 Å². The van der Waals surface area contributed by atoms with E-state index in [4.69, 9.17) is 20.9 Å². The molecule has 2 aromatic carbocycles. The number of nitrogens with one attached hydrogen (secondary N) is 1. The normalized spacial score (nSPS) is 12.5. The lowest BCUT2D eigenvalue weighted by atomic mass is 10.1. The lowest BCUT2D eigenvalue weighted by Crippen LogP contribution is -2.15. The zero-order valence-electron chi connectivity index (χ0n) is 18.3. The van der Waals surface area contributed by atoms with Gasteiger partial charge in [0.05, 0.1) is 22.8 Å². The number of terminal acetylenes is 1. The summed E-state index contributed by atoms with van der Waals surface area (Å²) in [5, 5.41) is 8.10. The number of carbonyl (C=O) groups excluding carboxylic acids is 1. The van der Waals surface area contributed by atoms with E-state index in [1.807, 2.05) is 48.9 Å². The highest BCUT2D eigenvalue weighted by Crippen LogP contribution is 2.35. The van der Waals surface area contributed by atoms with Crippen LogP contribution in [0, 0.1) is 12.3 Å². The summed E-state index contributed by atoms with van der Waals surface area (Å²) >= 11 is 0. The molecule has 0 saturated heterocycles. The van der Waals surface area contributed by atoms with Crippen molar-refractivity contribution in [2.24, 2.45) is 0 Å². The molecular formula is C26H22N4O3. The number of hydrogen-bond donors (Lipinski definition) is 1. The number of carbonyl (C=O) groups is 1. The molecule has 0 fully saturated rings. The van der Waals surface area contributed by atoms with Gasteiger partial charge in [0.2, 0.25) is 0 Å². The molecule has 4 aromatic rings. The predicted molar refractivity (Wildman–Crippen MR) is 127 cm³/mol. The van der Waals surface area contributed by atoms with Crippen molar-refractivity contribution in [2.45, 2.75) is 19.9 Å². The molecule has 0 unspecified atom stereocenters. The van der Waals surface area contributed by atoms with Crippen molar-refractivity contribution in [1.82, 2.24) is 14.8 Å². The topological polar surface area (TPSA) is 78.3 Å². The third-order valence-electron chi connectivity index (χ3n) is 5.43. The third-order valence-corrected chi connectivity index (χ3v) is 5.43. The van der Waals surface area contributed by atoms with Crippen LogP contribution in [0.5, 0.6) is 11.5 Å². The predicted octanol–water partition coefficient (Wildman–Crippen LogP) is 4.68. The zero-order valence-corrected chi connectivity index (χ0v) is 18.3. The molecule has 1 amide bonds. The van der Waals surface area contributed by atoms with Gasteiger partial charge in [-0.15, -0.1) is 6.42 Å². The Morgan fingerprint density at radius 2 is 1.94 bits per heavy atom. The zero-order chi connectivity index (χ0) is 22.9. The van der Waals surface area contributed by atoms with Crippen LogP contribution in [0.3, 0.4) is 0 Å². The molecule has 7 heteroatoms. The molecule has 0 saturated carbocycles. The van der Waals surface area contributed by atoms with Gasteiger partial charge in [-0.1, -0.05) is 12.0 Å². The van der Waals surface area contributed by atoms with Crippen LogP contribution in [0.4, 0.5) is 5.69 Å². The van der Waals surface area contributed by atoms with Crippen molar-refractivity contribution in [3.05, 3.63) is 65.9 Å². The van der Waals surface area contributed by atoms with E-state index in [9.17, 15) is 4.79 Å². The number of ether oxygens (including phenoxy) is 2. The van der Waals surface area contributed by atoms with Crippen LogP contribution in [-0.4, -0.2) is 33.9 Å². The quantitative estimate of drug-likeness (QED) is 0.468. The first-order valence-electron chi connectivity index (χ1n) is 10.7. The molecule has 1 N–H and O–H groups in total. The molecule has 0 atom stereocenters. The van der Waals surface area contributed by atoms with Crippen LogP contribution >= 0.6 is 0 Å². The average Bonchev–Trinajstić information content (AvgIpc) is 3.27. The van der Waals surface area contributed by atoms with Gasteiger partial charge in [0.15, 0.2) is 17.1 Å². The number of anilines is 1. The van der Waals surface area contributed by atoms with Crippen molar-refractivity contribution >= 4 is 22.6 Å². The third kappa shape index (κ3) is 3.87. The molecule has 1 aliphatic heterocycles. The average molecular weight is 438 g/mol. The number of benzene rings is 2. The van der Waals surface area contributed by atoms with E-state index in [2.05, 4.69) is 16.3 Å². The monoisotopic (exact) mass is 438 g/mol. The van der Waals surface area contributed by atoms with Crippen molar-refractivity contribution in [3.8, 4) is 35.1 Å². The van der Waals surface area contributed by atoms with Gasteiger partial charge >= 0.3 is 0 Å². The summed E-state index contributed by atoms with van der Waals surface area (Å²) in [7, 11) is 0.